The van der Waals surface area contributed by atoms with E-state index in [1.54, 1.807) is 25.5 Å². The Morgan fingerprint density at radius 3 is 2.53 bits per heavy atom. The van der Waals surface area contributed by atoms with Crippen LogP contribution < -0.4 is 10.1 Å². The van der Waals surface area contributed by atoms with Gasteiger partial charge < -0.3 is 14.8 Å². The fourth-order valence-corrected chi connectivity index (χ4v) is 4.87. The number of nitrogens with zero attached hydrogens (tertiary/aromatic N) is 2. The number of pyridine rings is 2. The highest BCUT2D eigenvalue weighted by Gasteiger charge is 2.47. The summed E-state index contributed by atoms with van der Waals surface area (Å²) in [6.45, 7) is 8.09. The number of fused-ring (bicyclic) bond motifs is 1. The van der Waals surface area contributed by atoms with Crippen LogP contribution in [0.1, 0.15) is 65.4 Å². The fourth-order valence-electron chi connectivity index (χ4n) is 4.87. The minimum atomic E-state index is -0.622. The van der Waals surface area contributed by atoms with E-state index in [2.05, 4.69) is 22.2 Å². The zero-order chi connectivity index (χ0) is 27.1. The maximum Gasteiger partial charge on any atom is 0.328 e. The molecule has 1 aliphatic rings. The lowest BCUT2D eigenvalue weighted by molar-refractivity contribution is -0.145. The molecular weight excluding hydrogens is 478 g/mol. The Kier molecular flexibility index (Phi) is 8.77. The maximum atomic E-state index is 12.9. The monoisotopic (exact) mass is 515 g/mol. The first kappa shape index (κ1) is 27.3. The van der Waals surface area contributed by atoms with Crippen LogP contribution in [0.25, 0.3) is 10.8 Å². The highest BCUT2D eigenvalue weighted by Crippen LogP contribution is 2.43. The minimum absolute atomic E-state index is 0.165. The molecular formula is C31H37N3O4. The van der Waals surface area contributed by atoms with E-state index < -0.39 is 11.5 Å². The van der Waals surface area contributed by atoms with Gasteiger partial charge in [0, 0.05) is 36.3 Å². The van der Waals surface area contributed by atoms with Crippen molar-refractivity contribution < 1.29 is 19.1 Å². The molecule has 2 aromatic heterocycles. The molecule has 38 heavy (non-hydrogen) atoms. The molecule has 0 fully saturated rings. The molecule has 0 amide bonds. The number of carbonyl (C=O) groups excluding carboxylic acids is 2. The van der Waals surface area contributed by atoms with Crippen LogP contribution in [-0.4, -0.2) is 34.4 Å². The molecule has 7 nitrogen and oxygen atoms in total. The molecule has 3 aromatic rings. The van der Waals surface area contributed by atoms with E-state index in [4.69, 9.17) is 9.47 Å². The van der Waals surface area contributed by atoms with Crippen molar-refractivity contribution in [1.82, 2.24) is 15.3 Å². The summed E-state index contributed by atoms with van der Waals surface area (Å²) in [4.78, 5) is 34.3. The summed E-state index contributed by atoms with van der Waals surface area (Å²) < 4.78 is 11.4. The molecule has 1 atom stereocenters. The molecule has 2 heterocycles. The molecule has 4 rings (SSSR count). The Balaban J connectivity index is 1.49. The first-order chi connectivity index (χ1) is 18.3. The lowest BCUT2D eigenvalue weighted by atomic mass is 9.67. The third kappa shape index (κ3) is 6.04. The summed E-state index contributed by atoms with van der Waals surface area (Å²) in [5.41, 5.74) is 2.01. The van der Waals surface area contributed by atoms with E-state index in [-0.39, 0.29) is 11.8 Å². The van der Waals surface area contributed by atoms with Gasteiger partial charge in [-0.25, -0.2) is 9.78 Å². The van der Waals surface area contributed by atoms with E-state index in [1.165, 1.54) is 0 Å². The van der Waals surface area contributed by atoms with Gasteiger partial charge in [0.2, 0.25) is 5.88 Å². The number of benzene rings is 1. The predicted octanol–water partition coefficient (Wildman–Crippen LogP) is 6.32. The summed E-state index contributed by atoms with van der Waals surface area (Å²) in [7, 11) is 0. The Labute approximate surface area is 224 Å². The van der Waals surface area contributed by atoms with Gasteiger partial charge in [-0.2, -0.15) is 0 Å². The summed E-state index contributed by atoms with van der Waals surface area (Å²) in [6.07, 6.45) is 10.7. The second-order valence-corrected chi connectivity index (χ2v) is 10.2. The normalized spacial score (nSPS) is 15.2. The largest absolute Gasteiger partial charge is 0.464 e. The van der Waals surface area contributed by atoms with Crippen LogP contribution in [0.15, 0.2) is 66.3 Å². The number of rotatable bonds is 13. The molecule has 0 spiro atoms. The average Bonchev–Trinajstić information content (AvgIpc) is 2.92. The first-order valence-electron chi connectivity index (χ1n) is 13.5. The number of ketones is 1. The molecule has 7 heteroatoms. The van der Waals surface area contributed by atoms with Crippen LogP contribution in [0.3, 0.4) is 0 Å². The van der Waals surface area contributed by atoms with Crippen LogP contribution in [0.2, 0.25) is 0 Å². The minimum Gasteiger partial charge on any atom is -0.464 e. The quantitative estimate of drug-likeness (QED) is 0.210. The summed E-state index contributed by atoms with van der Waals surface area (Å²) in [6, 6.07) is 10.8. The first-order valence-corrected chi connectivity index (χ1v) is 13.5. The van der Waals surface area contributed by atoms with Crippen LogP contribution in [0, 0.1) is 5.41 Å². The molecule has 0 saturated carbocycles. The lowest BCUT2D eigenvalue weighted by Gasteiger charge is -2.41. The number of hydrogen-bond acceptors (Lipinski definition) is 7. The van der Waals surface area contributed by atoms with Gasteiger partial charge in [-0.3, -0.25) is 9.78 Å². The number of Topliss-reactive ketones (excluding diaryl/α,β-unsaturated/α-hetero) is 1. The Morgan fingerprint density at radius 2 is 1.79 bits per heavy atom. The molecule has 200 valence electrons. The molecule has 0 saturated heterocycles. The van der Waals surface area contributed by atoms with Crippen LogP contribution in [-0.2, 0) is 20.7 Å². The molecule has 0 unspecified atom stereocenters. The predicted molar refractivity (Wildman–Crippen MR) is 148 cm³/mol. The number of hydrogen-bond donors (Lipinski definition) is 1. The SMILES string of the molecule is CCCCCCC1=C(N[C@@H](Cc2ccc(Oc3nccc4ccncc34)cc2)C(=O)OCC)C(C)(C)C1=O. The number of unbranched alkanes of at least 4 members (excludes halogenated alkanes) is 3. The fraction of sp³-hybridized carbons (Fsp3) is 0.419. The number of nitrogens with one attached hydrogen (secondary N) is 1. The van der Waals surface area contributed by atoms with Crippen molar-refractivity contribution in [2.45, 2.75) is 72.3 Å². The van der Waals surface area contributed by atoms with Gasteiger partial charge >= 0.3 is 5.97 Å². The number of allylic oxidation sites excluding steroid dienone is 2. The number of aromatic nitrogens is 2. The number of ether oxygens (including phenoxy) is 2. The van der Waals surface area contributed by atoms with Gasteiger partial charge in [-0.15, -0.1) is 0 Å². The van der Waals surface area contributed by atoms with E-state index in [0.29, 0.717) is 24.7 Å². The number of carbonyl (C=O) groups is 2. The summed E-state index contributed by atoms with van der Waals surface area (Å²) >= 11 is 0. The van der Waals surface area contributed by atoms with Gasteiger partial charge in [0.25, 0.3) is 0 Å². The molecule has 1 aromatic carbocycles. The van der Waals surface area contributed by atoms with E-state index in [9.17, 15) is 9.59 Å². The van der Waals surface area contributed by atoms with Crippen molar-refractivity contribution in [1.29, 1.82) is 0 Å². The van der Waals surface area contributed by atoms with Crippen molar-refractivity contribution in [2.24, 2.45) is 5.41 Å². The molecule has 0 aliphatic heterocycles. The Bertz CT molecular complexity index is 1310. The van der Waals surface area contributed by atoms with Crippen LogP contribution >= 0.6 is 0 Å². The Morgan fingerprint density at radius 1 is 1.03 bits per heavy atom. The second-order valence-electron chi connectivity index (χ2n) is 10.2. The van der Waals surface area contributed by atoms with E-state index >= 15 is 0 Å². The second kappa shape index (κ2) is 12.2. The molecule has 0 radical (unpaired) electrons. The highest BCUT2D eigenvalue weighted by molar-refractivity contribution is 6.09. The highest BCUT2D eigenvalue weighted by atomic mass is 16.5. The third-order valence-corrected chi connectivity index (χ3v) is 7.05. The third-order valence-electron chi connectivity index (χ3n) is 7.05. The van der Waals surface area contributed by atoms with Crippen LogP contribution in [0.4, 0.5) is 0 Å². The number of esters is 1. The standard InChI is InChI=1S/C31H37N3O4/c1-5-7-8-9-10-24-27(31(3,4)28(24)35)34-26(30(36)37-6-2)19-21-11-13-23(14-12-21)38-29-25-20-32-17-15-22(25)16-18-33-29/h11-18,20,26,34H,5-10,19H2,1-4H3/t26-/m0/s1. The van der Waals surface area contributed by atoms with Crippen molar-refractivity contribution in [3.8, 4) is 11.6 Å². The molecule has 1 N–H and O–H groups in total. The van der Waals surface area contributed by atoms with Gasteiger partial charge in [0.15, 0.2) is 5.78 Å². The van der Waals surface area contributed by atoms with Gasteiger partial charge in [0.1, 0.15) is 11.8 Å². The van der Waals surface area contributed by atoms with Crippen molar-refractivity contribution >= 4 is 22.5 Å². The van der Waals surface area contributed by atoms with Crippen molar-refractivity contribution in [3.63, 3.8) is 0 Å². The zero-order valence-electron chi connectivity index (χ0n) is 22.8. The van der Waals surface area contributed by atoms with Crippen LogP contribution in [0.5, 0.6) is 11.6 Å². The molecule has 0 bridgehead atoms. The topological polar surface area (TPSA) is 90.4 Å². The smallest absolute Gasteiger partial charge is 0.328 e. The van der Waals surface area contributed by atoms with Crippen molar-refractivity contribution in [3.05, 3.63) is 71.8 Å². The Hall–Kier alpha value is -3.74. The van der Waals surface area contributed by atoms with Gasteiger partial charge in [-0.1, -0.05) is 38.3 Å². The maximum absolute atomic E-state index is 12.9. The molecule has 1 aliphatic carbocycles. The van der Waals surface area contributed by atoms with E-state index in [1.807, 2.05) is 50.2 Å². The van der Waals surface area contributed by atoms with Gasteiger partial charge in [0.05, 0.1) is 17.4 Å². The summed E-state index contributed by atoms with van der Waals surface area (Å²) in [5, 5.41) is 5.25. The zero-order valence-corrected chi connectivity index (χ0v) is 22.8. The van der Waals surface area contributed by atoms with Gasteiger partial charge in [-0.05, 0) is 68.8 Å². The van der Waals surface area contributed by atoms with Crippen molar-refractivity contribution in [2.75, 3.05) is 6.61 Å². The lowest BCUT2D eigenvalue weighted by Crippen LogP contribution is -2.51. The summed E-state index contributed by atoms with van der Waals surface area (Å²) in [5.74, 6) is 0.969. The average molecular weight is 516 g/mol. The van der Waals surface area contributed by atoms with E-state index in [0.717, 1.165) is 59.7 Å².